The van der Waals surface area contributed by atoms with E-state index in [1.54, 1.807) is 0 Å². The van der Waals surface area contributed by atoms with Crippen LogP contribution in [-0.2, 0) is 4.79 Å². The van der Waals surface area contributed by atoms with Crippen LogP contribution < -0.4 is 10.1 Å². The predicted octanol–water partition coefficient (Wildman–Crippen LogP) is 2.19. The molecule has 0 spiro atoms. The molecule has 0 aliphatic carbocycles. The minimum atomic E-state index is -4.28. The molecule has 0 bridgehead atoms. The average Bonchev–Trinajstić information content (AvgIpc) is 2.18. The first-order valence-electron chi connectivity index (χ1n) is 4.33. The van der Waals surface area contributed by atoms with Gasteiger partial charge in [0.05, 0.1) is 5.69 Å². The molecule has 0 aromatic heterocycles. The quantitative estimate of drug-likeness (QED) is 0.777. The molecule has 1 atom stereocenters. The number of carbonyl (C=O) groups is 1. The molecule has 0 saturated carbocycles. The number of aliphatic hydroxyl groups is 1. The normalized spacial score (nSPS) is 23.7. The third-order valence-electron chi connectivity index (χ3n) is 2.14. The van der Waals surface area contributed by atoms with Crippen molar-refractivity contribution in [1.29, 1.82) is 0 Å². The third-order valence-corrected chi connectivity index (χ3v) is 2.63. The van der Waals surface area contributed by atoms with Gasteiger partial charge in [0, 0.05) is 11.1 Å². The fourth-order valence-corrected chi connectivity index (χ4v) is 1.57. The molecule has 8 heteroatoms. The molecule has 2 N–H and O–H groups in total. The molecule has 4 nitrogen and oxygen atoms in total. The summed E-state index contributed by atoms with van der Waals surface area (Å²) < 4.78 is 30.4. The van der Waals surface area contributed by atoms with E-state index in [9.17, 15) is 18.7 Å². The summed E-state index contributed by atoms with van der Waals surface area (Å²) in [4.78, 5) is 11.3. The second-order valence-corrected chi connectivity index (χ2v) is 4.25. The molecule has 0 saturated heterocycles. The predicted molar refractivity (Wildman–Crippen MR) is 56.5 cm³/mol. The van der Waals surface area contributed by atoms with Crippen LogP contribution in [-0.4, -0.2) is 22.2 Å². The highest BCUT2D eigenvalue weighted by molar-refractivity contribution is 6.31. The Kier molecular flexibility index (Phi) is 2.68. The van der Waals surface area contributed by atoms with E-state index < -0.39 is 17.1 Å². The van der Waals surface area contributed by atoms with Crippen LogP contribution in [0.5, 0.6) is 5.75 Å². The van der Waals surface area contributed by atoms with Crippen LogP contribution in [0.25, 0.3) is 0 Å². The summed E-state index contributed by atoms with van der Waals surface area (Å²) in [5, 5.41) is 7.42. The van der Waals surface area contributed by atoms with Crippen LogP contribution in [0, 0.1) is 0 Å². The van der Waals surface area contributed by atoms with Gasteiger partial charge in [0.25, 0.3) is 0 Å². The van der Waals surface area contributed by atoms with Crippen molar-refractivity contribution in [3.8, 4) is 5.75 Å². The third kappa shape index (κ3) is 1.92. The first-order valence-corrected chi connectivity index (χ1v) is 5.09. The zero-order valence-electron chi connectivity index (χ0n) is 8.01. The number of fused-ring (bicyclic) bond motifs is 1. The van der Waals surface area contributed by atoms with Crippen molar-refractivity contribution >= 4 is 34.8 Å². The van der Waals surface area contributed by atoms with Gasteiger partial charge in [-0.25, -0.2) is 0 Å². The van der Waals surface area contributed by atoms with E-state index in [1.165, 1.54) is 18.2 Å². The lowest BCUT2D eigenvalue weighted by Gasteiger charge is -2.34. The van der Waals surface area contributed by atoms with Gasteiger partial charge in [-0.3, -0.25) is 4.79 Å². The number of hydrogen-bond acceptors (Lipinski definition) is 3. The maximum Gasteiger partial charge on any atom is 0.395 e. The van der Waals surface area contributed by atoms with E-state index >= 15 is 0 Å². The molecule has 1 aliphatic heterocycles. The zero-order valence-corrected chi connectivity index (χ0v) is 9.52. The number of amides is 1. The van der Waals surface area contributed by atoms with Crippen molar-refractivity contribution in [2.24, 2.45) is 0 Å². The molecule has 0 fully saturated rings. The highest BCUT2D eigenvalue weighted by Crippen LogP contribution is 2.42. The number of rotatable bonds is 1. The summed E-state index contributed by atoms with van der Waals surface area (Å²) in [6.07, 6.45) is 0. The number of nitrogens with one attached hydrogen (secondary N) is 1. The van der Waals surface area contributed by atoms with Crippen LogP contribution in [0.4, 0.5) is 14.5 Å². The van der Waals surface area contributed by atoms with Crippen molar-refractivity contribution in [3.05, 3.63) is 23.2 Å². The molecule has 2 rings (SSSR count). The Morgan fingerprint density at radius 1 is 1.47 bits per heavy atom. The first kappa shape index (κ1) is 12.3. The second-order valence-electron chi connectivity index (χ2n) is 3.34. The van der Waals surface area contributed by atoms with Crippen molar-refractivity contribution in [2.45, 2.75) is 11.2 Å². The zero-order chi connectivity index (χ0) is 12.8. The molecular weight excluding hydrogens is 279 g/mol. The van der Waals surface area contributed by atoms with Crippen LogP contribution in [0.15, 0.2) is 18.2 Å². The number of benzene rings is 1. The van der Waals surface area contributed by atoms with E-state index in [2.05, 4.69) is 16.3 Å². The number of halogens is 4. The summed E-state index contributed by atoms with van der Waals surface area (Å²) >= 11 is 10.3. The van der Waals surface area contributed by atoms with Crippen LogP contribution in [0.1, 0.15) is 0 Å². The summed E-state index contributed by atoms with van der Waals surface area (Å²) in [7, 11) is 0. The smallest absolute Gasteiger partial charge is 0.395 e. The van der Waals surface area contributed by atoms with Gasteiger partial charge in [-0.05, 0) is 23.7 Å². The van der Waals surface area contributed by atoms with Gasteiger partial charge in [-0.1, -0.05) is 11.6 Å². The Hall–Kier alpha value is -1.11. The summed E-state index contributed by atoms with van der Waals surface area (Å²) in [5.74, 6) is -5.11. The van der Waals surface area contributed by atoms with E-state index in [-0.39, 0.29) is 16.5 Å². The van der Waals surface area contributed by atoms with Gasteiger partial charge in [0.1, 0.15) is 5.75 Å². The number of hydrogen-bond donors (Lipinski definition) is 2. The lowest BCUT2D eigenvalue weighted by atomic mass is 10.2. The van der Waals surface area contributed by atoms with Gasteiger partial charge >= 0.3 is 17.1 Å². The van der Waals surface area contributed by atoms with E-state index in [0.717, 1.165) is 0 Å². The lowest BCUT2D eigenvalue weighted by Crippen LogP contribution is -2.60. The topological polar surface area (TPSA) is 58.6 Å². The molecule has 17 heavy (non-hydrogen) atoms. The monoisotopic (exact) mass is 283 g/mol. The van der Waals surface area contributed by atoms with Crippen LogP contribution in [0.3, 0.4) is 0 Å². The second kappa shape index (κ2) is 3.69. The maximum absolute atomic E-state index is 12.9. The standard InChI is InChI=1S/C9H5Cl2F2NO3/c10-4-1-2-5-6(3-4)17-8(16,7(15)14-5)9(11,12)13/h1-3,16H,(H,14,15). The minimum absolute atomic E-state index is 0.116. The molecular formula is C9H5Cl2F2NO3. The SMILES string of the molecule is O=C1Nc2ccc(Cl)cc2OC1(O)C(F)(F)Cl. The fraction of sp³-hybridized carbons (Fsp3) is 0.222. The van der Waals surface area contributed by atoms with Crippen molar-refractivity contribution in [1.82, 2.24) is 0 Å². The highest BCUT2D eigenvalue weighted by Gasteiger charge is 2.62. The molecule has 1 aromatic rings. The van der Waals surface area contributed by atoms with Gasteiger partial charge in [-0.15, -0.1) is 0 Å². The molecule has 1 amide bonds. The van der Waals surface area contributed by atoms with Crippen molar-refractivity contribution < 1.29 is 23.4 Å². The Morgan fingerprint density at radius 3 is 2.71 bits per heavy atom. The van der Waals surface area contributed by atoms with E-state index in [4.69, 9.17) is 11.6 Å². The number of ether oxygens (including phenoxy) is 1. The molecule has 1 heterocycles. The molecule has 0 radical (unpaired) electrons. The maximum atomic E-state index is 12.9. The first-order chi connectivity index (χ1) is 7.74. The largest absolute Gasteiger partial charge is 0.445 e. The van der Waals surface area contributed by atoms with Gasteiger partial charge in [0.2, 0.25) is 0 Å². The Bertz CT molecular complexity index is 492. The summed E-state index contributed by atoms with van der Waals surface area (Å²) in [6.45, 7) is 0. The summed E-state index contributed by atoms with van der Waals surface area (Å²) in [5.41, 5.74) is 0.116. The molecule has 92 valence electrons. The number of alkyl halides is 3. The Morgan fingerprint density at radius 2 is 2.12 bits per heavy atom. The van der Waals surface area contributed by atoms with Gasteiger partial charge < -0.3 is 15.2 Å². The van der Waals surface area contributed by atoms with Gasteiger partial charge in [-0.2, -0.15) is 8.78 Å². The minimum Gasteiger partial charge on any atom is -0.445 e. The average molecular weight is 284 g/mol. The molecule has 1 unspecified atom stereocenters. The fourth-order valence-electron chi connectivity index (χ4n) is 1.28. The number of anilines is 1. The van der Waals surface area contributed by atoms with E-state index in [1.807, 2.05) is 5.32 Å². The highest BCUT2D eigenvalue weighted by atomic mass is 35.5. The Balaban J connectivity index is 2.48. The molecule has 1 aromatic carbocycles. The van der Waals surface area contributed by atoms with Crippen molar-refractivity contribution in [2.75, 3.05) is 5.32 Å². The Labute approximate surface area is 104 Å². The molecule has 1 aliphatic rings. The van der Waals surface area contributed by atoms with Crippen LogP contribution in [0.2, 0.25) is 5.02 Å². The number of carbonyl (C=O) groups excluding carboxylic acids is 1. The van der Waals surface area contributed by atoms with Crippen molar-refractivity contribution in [3.63, 3.8) is 0 Å². The van der Waals surface area contributed by atoms with E-state index in [0.29, 0.717) is 0 Å². The van der Waals surface area contributed by atoms with Gasteiger partial charge in [0.15, 0.2) is 0 Å². The summed E-state index contributed by atoms with van der Waals surface area (Å²) in [6, 6.07) is 3.94. The lowest BCUT2D eigenvalue weighted by molar-refractivity contribution is -0.231. The van der Waals surface area contributed by atoms with Crippen LogP contribution >= 0.6 is 23.2 Å².